The molecule has 0 aliphatic carbocycles. The fourth-order valence-corrected chi connectivity index (χ4v) is 0.878. The van der Waals surface area contributed by atoms with Crippen LogP contribution in [0.3, 0.4) is 0 Å². The van der Waals surface area contributed by atoms with Gasteiger partial charge in [0.2, 0.25) is 6.29 Å². The minimum Gasteiger partial charge on any atom is -0.362 e. The van der Waals surface area contributed by atoms with E-state index in [2.05, 4.69) is 10.1 Å². The molecule has 2 N–H and O–H groups in total. The molecule has 80 valence electrons. The molecule has 1 aromatic heterocycles. The molecule has 5 nitrogen and oxygen atoms in total. The SMILES string of the molecule is OC(O)c1ncnn1CCC(F)(F)F. The lowest BCUT2D eigenvalue weighted by molar-refractivity contribution is -0.138. The number of hydrogen-bond donors (Lipinski definition) is 2. The molecule has 8 heteroatoms. The molecular weight excluding hydrogens is 203 g/mol. The van der Waals surface area contributed by atoms with Crippen molar-refractivity contribution in [3.63, 3.8) is 0 Å². The fourth-order valence-electron chi connectivity index (χ4n) is 0.878. The van der Waals surface area contributed by atoms with E-state index >= 15 is 0 Å². The van der Waals surface area contributed by atoms with E-state index in [1.54, 1.807) is 0 Å². The number of aromatic nitrogens is 3. The second kappa shape index (κ2) is 3.93. The molecule has 1 aromatic rings. The predicted molar refractivity (Wildman–Crippen MR) is 37.9 cm³/mol. The van der Waals surface area contributed by atoms with Gasteiger partial charge in [0.25, 0.3) is 0 Å². The highest BCUT2D eigenvalue weighted by atomic mass is 19.4. The van der Waals surface area contributed by atoms with E-state index in [0.29, 0.717) is 0 Å². The molecule has 0 atom stereocenters. The summed E-state index contributed by atoms with van der Waals surface area (Å²) in [7, 11) is 0. The third kappa shape index (κ3) is 2.96. The predicted octanol–water partition coefficient (Wildman–Crippen LogP) is 0.214. The molecule has 14 heavy (non-hydrogen) atoms. The average molecular weight is 211 g/mol. The van der Waals surface area contributed by atoms with Crippen LogP contribution < -0.4 is 0 Å². The first kappa shape index (κ1) is 10.9. The number of aryl methyl sites for hydroxylation is 1. The Morgan fingerprint density at radius 1 is 1.43 bits per heavy atom. The molecule has 0 aliphatic heterocycles. The van der Waals surface area contributed by atoms with Crippen LogP contribution in [0.5, 0.6) is 0 Å². The second-order valence-electron chi connectivity index (χ2n) is 2.58. The third-order valence-corrected chi connectivity index (χ3v) is 1.48. The van der Waals surface area contributed by atoms with E-state index in [9.17, 15) is 13.2 Å². The Hall–Kier alpha value is -1.15. The molecule has 0 saturated heterocycles. The summed E-state index contributed by atoms with van der Waals surface area (Å²) in [5, 5.41) is 20.8. The Balaban J connectivity index is 2.63. The summed E-state index contributed by atoms with van der Waals surface area (Å²) in [5.41, 5.74) is 0. The van der Waals surface area contributed by atoms with E-state index < -0.39 is 25.4 Å². The molecule has 0 bridgehead atoms. The maximum atomic E-state index is 11.8. The molecule has 0 aromatic carbocycles. The molecule has 0 unspecified atom stereocenters. The minimum absolute atomic E-state index is 0.297. The normalized spacial score (nSPS) is 12.4. The average Bonchev–Trinajstić information content (AvgIpc) is 2.46. The van der Waals surface area contributed by atoms with Gasteiger partial charge in [-0.15, -0.1) is 0 Å². The standard InChI is InChI=1S/C6H8F3N3O2/c7-6(8,9)1-2-12-4(5(13)14)10-3-11-12/h3,5,13-14H,1-2H2. The minimum atomic E-state index is -4.30. The van der Waals surface area contributed by atoms with Crippen LogP contribution >= 0.6 is 0 Å². The van der Waals surface area contributed by atoms with Crippen LogP contribution in [-0.4, -0.2) is 31.2 Å². The van der Waals surface area contributed by atoms with Crippen LogP contribution in [0, 0.1) is 0 Å². The number of halogens is 3. The Labute approximate surface area is 76.8 Å². The van der Waals surface area contributed by atoms with E-state index in [4.69, 9.17) is 10.2 Å². The van der Waals surface area contributed by atoms with Gasteiger partial charge in [-0.1, -0.05) is 0 Å². The van der Waals surface area contributed by atoms with E-state index in [0.717, 1.165) is 11.0 Å². The van der Waals surface area contributed by atoms with Gasteiger partial charge in [-0.3, -0.25) is 0 Å². The largest absolute Gasteiger partial charge is 0.390 e. The van der Waals surface area contributed by atoms with E-state index in [1.807, 2.05) is 0 Å². The van der Waals surface area contributed by atoms with E-state index in [1.165, 1.54) is 0 Å². The summed E-state index contributed by atoms with van der Waals surface area (Å²) in [6, 6.07) is 0. The molecule has 0 aliphatic rings. The van der Waals surface area contributed by atoms with Gasteiger partial charge in [0.15, 0.2) is 5.82 Å². The zero-order valence-electron chi connectivity index (χ0n) is 6.94. The first-order chi connectivity index (χ1) is 6.40. The first-order valence-electron chi connectivity index (χ1n) is 3.71. The van der Waals surface area contributed by atoms with Gasteiger partial charge in [-0.05, 0) is 0 Å². The smallest absolute Gasteiger partial charge is 0.362 e. The number of alkyl halides is 3. The van der Waals surface area contributed by atoms with E-state index in [-0.39, 0.29) is 5.82 Å². The van der Waals surface area contributed by atoms with Crippen LogP contribution in [0.15, 0.2) is 6.33 Å². The highest BCUT2D eigenvalue weighted by Crippen LogP contribution is 2.20. The summed E-state index contributed by atoms with van der Waals surface area (Å²) < 4.78 is 36.2. The number of hydrogen-bond acceptors (Lipinski definition) is 4. The van der Waals surface area contributed by atoms with Gasteiger partial charge in [0, 0.05) is 0 Å². The van der Waals surface area contributed by atoms with Gasteiger partial charge >= 0.3 is 6.18 Å². The summed E-state index contributed by atoms with van der Waals surface area (Å²) in [5.74, 6) is -0.297. The molecule has 0 fully saturated rings. The van der Waals surface area contributed by atoms with Crippen LogP contribution in [0.1, 0.15) is 18.5 Å². The molecule has 0 saturated carbocycles. The van der Waals surface area contributed by atoms with Crippen molar-refractivity contribution in [1.29, 1.82) is 0 Å². The maximum Gasteiger partial charge on any atom is 0.390 e. The highest BCUT2D eigenvalue weighted by Gasteiger charge is 2.27. The molecular formula is C6H8F3N3O2. The van der Waals surface area contributed by atoms with Gasteiger partial charge in [-0.25, -0.2) is 9.67 Å². The highest BCUT2D eigenvalue weighted by molar-refractivity contribution is 4.85. The van der Waals surface area contributed by atoms with Gasteiger partial charge in [0.1, 0.15) is 6.33 Å². The van der Waals surface area contributed by atoms with Crippen molar-refractivity contribution in [2.75, 3.05) is 0 Å². The lowest BCUT2D eigenvalue weighted by Crippen LogP contribution is -2.16. The second-order valence-corrected chi connectivity index (χ2v) is 2.58. The molecule has 0 spiro atoms. The summed E-state index contributed by atoms with van der Waals surface area (Å²) in [6.07, 6.45) is -6.34. The fraction of sp³-hybridized carbons (Fsp3) is 0.667. The van der Waals surface area contributed by atoms with Crippen LogP contribution in [0.25, 0.3) is 0 Å². The Morgan fingerprint density at radius 3 is 2.57 bits per heavy atom. The lowest BCUT2D eigenvalue weighted by Gasteiger charge is -2.08. The van der Waals surface area contributed by atoms with Crippen molar-refractivity contribution < 1.29 is 23.4 Å². The lowest BCUT2D eigenvalue weighted by atomic mass is 10.4. The third-order valence-electron chi connectivity index (χ3n) is 1.48. The van der Waals surface area contributed by atoms with Crippen LogP contribution in [0.2, 0.25) is 0 Å². The quantitative estimate of drug-likeness (QED) is 0.701. The zero-order chi connectivity index (χ0) is 10.8. The van der Waals surface area contributed by atoms with Gasteiger partial charge in [0.05, 0.1) is 13.0 Å². The Bertz CT molecular complexity index is 297. The first-order valence-corrected chi connectivity index (χ1v) is 3.71. The zero-order valence-corrected chi connectivity index (χ0v) is 6.94. The number of nitrogens with zero attached hydrogens (tertiary/aromatic N) is 3. The number of aliphatic hydroxyl groups is 2. The van der Waals surface area contributed by atoms with Crippen molar-refractivity contribution in [3.05, 3.63) is 12.2 Å². The van der Waals surface area contributed by atoms with Crippen molar-refractivity contribution >= 4 is 0 Å². The molecule has 0 radical (unpaired) electrons. The van der Waals surface area contributed by atoms with Crippen molar-refractivity contribution in [3.8, 4) is 0 Å². The van der Waals surface area contributed by atoms with Crippen molar-refractivity contribution in [2.24, 2.45) is 0 Å². The molecule has 1 heterocycles. The van der Waals surface area contributed by atoms with Crippen LogP contribution in [-0.2, 0) is 6.54 Å². The summed E-state index contributed by atoms with van der Waals surface area (Å²) in [4.78, 5) is 3.40. The maximum absolute atomic E-state index is 11.8. The Kier molecular flexibility index (Phi) is 3.06. The topological polar surface area (TPSA) is 71.2 Å². The molecule has 0 amide bonds. The molecule has 1 rings (SSSR count). The van der Waals surface area contributed by atoms with Gasteiger partial charge in [-0.2, -0.15) is 18.3 Å². The van der Waals surface area contributed by atoms with Crippen molar-refractivity contribution in [1.82, 2.24) is 14.8 Å². The van der Waals surface area contributed by atoms with Crippen molar-refractivity contribution in [2.45, 2.75) is 25.4 Å². The summed E-state index contributed by atoms with van der Waals surface area (Å²) >= 11 is 0. The number of aliphatic hydroxyl groups excluding tert-OH is 1. The number of rotatable bonds is 3. The summed E-state index contributed by atoms with van der Waals surface area (Å²) in [6.45, 7) is -0.476. The van der Waals surface area contributed by atoms with Crippen LogP contribution in [0.4, 0.5) is 13.2 Å². The Morgan fingerprint density at radius 2 is 2.07 bits per heavy atom. The monoisotopic (exact) mass is 211 g/mol. The van der Waals surface area contributed by atoms with Gasteiger partial charge < -0.3 is 10.2 Å².